The summed E-state index contributed by atoms with van der Waals surface area (Å²) in [5, 5.41) is 0. The van der Waals surface area contributed by atoms with Gasteiger partial charge in [-0.1, -0.05) is 48.0 Å². The molecule has 0 saturated heterocycles. The summed E-state index contributed by atoms with van der Waals surface area (Å²) in [6.07, 6.45) is 1.33. The molecule has 1 aliphatic carbocycles. The summed E-state index contributed by atoms with van der Waals surface area (Å²) >= 11 is 0. The highest BCUT2D eigenvalue weighted by Crippen LogP contribution is 2.62. The highest BCUT2D eigenvalue weighted by molar-refractivity contribution is 5.04. The summed E-state index contributed by atoms with van der Waals surface area (Å²) in [6, 6.07) is 0. The summed E-state index contributed by atoms with van der Waals surface area (Å²) in [4.78, 5) is 0. The van der Waals surface area contributed by atoms with Crippen molar-refractivity contribution in [3.8, 4) is 0 Å². The van der Waals surface area contributed by atoms with Gasteiger partial charge in [-0.25, -0.2) is 0 Å². The predicted octanol–water partition coefficient (Wildman–Crippen LogP) is 3.96. The molecule has 0 aliphatic heterocycles. The lowest BCUT2D eigenvalue weighted by molar-refractivity contribution is 0.299. The third kappa shape index (κ3) is 1.41. The van der Waals surface area contributed by atoms with Crippen LogP contribution in [0.25, 0.3) is 0 Å². The van der Waals surface area contributed by atoms with Crippen LogP contribution in [0.5, 0.6) is 0 Å². The minimum absolute atomic E-state index is 0.628. The van der Waals surface area contributed by atoms with Gasteiger partial charge in [0.15, 0.2) is 0 Å². The van der Waals surface area contributed by atoms with Crippen LogP contribution in [-0.4, -0.2) is 0 Å². The summed E-state index contributed by atoms with van der Waals surface area (Å²) in [7, 11) is 0. The molecule has 0 nitrogen and oxygen atoms in total. The van der Waals surface area contributed by atoms with Crippen molar-refractivity contribution < 1.29 is 0 Å². The Morgan fingerprint density at radius 2 is 1.67 bits per heavy atom. The number of hydrogen-bond donors (Lipinski definition) is 0. The molecule has 0 aromatic heterocycles. The van der Waals surface area contributed by atoms with E-state index in [-0.39, 0.29) is 0 Å². The Balaban J connectivity index is 2.51. The molecule has 72 valence electrons. The van der Waals surface area contributed by atoms with Crippen molar-refractivity contribution in [2.75, 3.05) is 0 Å². The minimum atomic E-state index is 0.628. The maximum absolute atomic E-state index is 2.43. The molecule has 0 bridgehead atoms. The van der Waals surface area contributed by atoms with E-state index in [0.29, 0.717) is 5.41 Å². The van der Waals surface area contributed by atoms with Crippen LogP contribution in [0.4, 0.5) is 0 Å². The molecular formula is C12H24. The van der Waals surface area contributed by atoms with Gasteiger partial charge in [-0.05, 0) is 29.1 Å². The standard InChI is InChI=1S/C12H24/c1-7-8(2)9(3)11-10(4)12(11,5)6/h8-11H,7H2,1-6H3. The number of hydrogen-bond acceptors (Lipinski definition) is 0. The van der Waals surface area contributed by atoms with E-state index in [4.69, 9.17) is 0 Å². The molecule has 1 rings (SSSR count). The van der Waals surface area contributed by atoms with Gasteiger partial charge < -0.3 is 0 Å². The zero-order valence-corrected chi connectivity index (χ0v) is 9.52. The van der Waals surface area contributed by atoms with Crippen molar-refractivity contribution in [2.45, 2.75) is 48.0 Å². The molecular weight excluding hydrogens is 144 g/mol. The zero-order valence-electron chi connectivity index (χ0n) is 9.52. The molecule has 0 amide bonds. The SMILES string of the molecule is CCC(C)C(C)C1C(C)C1(C)C. The predicted molar refractivity (Wildman–Crippen MR) is 55.1 cm³/mol. The maximum Gasteiger partial charge on any atom is -0.0292 e. The molecule has 4 atom stereocenters. The molecule has 1 aliphatic rings. The first kappa shape index (κ1) is 10.1. The van der Waals surface area contributed by atoms with Gasteiger partial charge in [-0.3, -0.25) is 0 Å². The average molecular weight is 168 g/mol. The van der Waals surface area contributed by atoms with E-state index in [1.165, 1.54) is 6.42 Å². The van der Waals surface area contributed by atoms with Crippen LogP contribution in [-0.2, 0) is 0 Å². The average Bonchev–Trinajstić information content (AvgIpc) is 2.49. The first-order valence-electron chi connectivity index (χ1n) is 5.42. The van der Waals surface area contributed by atoms with Crippen molar-refractivity contribution >= 4 is 0 Å². The van der Waals surface area contributed by atoms with E-state index in [1.807, 2.05) is 0 Å². The Bertz CT molecular complexity index is 157. The molecule has 1 saturated carbocycles. The van der Waals surface area contributed by atoms with E-state index in [2.05, 4.69) is 41.5 Å². The second-order valence-corrected chi connectivity index (χ2v) is 5.38. The Labute approximate surface area is 77.7 Å². The fourth-order valence-electron chi connectivity index (χ4n) is 2.80. The van der Waals surface area contributed by atoms with Crippen LogP contribution in [0.1, 0.15) is 48.0 Å². The van der Waals surface area contributed by atoms with E-state index in [0.717, 1.165) is 23.7 Å². The summed E-state index contributed by atoms with van der Waals surface area (Å²) < 4.78 is 0. The van der Waals surface area contributed by atoms with Gasteiger partial charge >= 0.3 is 0 Å². The molecule has 1 fully saturated rings. The van der Waals surface area contributed by atoms with Gasteiger partial charge in [0, 0.05) is 0 Å². The lowest BCUT2D eigenvalue weighted by atomic mass is 9.86. The van der Waals surface area contributed by atoms with E-state index in [1.54, 1.807) is 0 Å². The van der Waals surface area contributed by atoms with Gasteiger partial charge in [0.25, 0.3) is 0 Å². The molecule has 0 heterocycles. The highest BCUT2D eigenvalue weighted by atomic mass is 14.6. The Morgan fingerprint density at radius 1 is 1.25 bits per heavy atom. The molecule has 0 spiro atoms. The molecule has 0 heteroatoms. The molecule has 0 aromatic rings. The van der Waals surface area contributed by atoms with Crippen LogP contribution in [0, 0.1) is 29.1 Å². The summed E-state index contributed by atoms with van der Waals surface area (Å²) in [5.41, 5.74) is 0.628. The quantitative estimate of drug-likeness (QED) is 0.598. The van der Waals surface area contributed by atoms with Crippen LogP contribution in [0.3, 0.4) is 0 Å². The van der Waals surface area contributed by atoms with Crippen LogP contribution >= 0.6 is 0 Å². The Kier molecular flexibility index (Phi) is 2.56. The van der Waals surface area contributed by atoms with Crippen molar-refractivity contribution in [1.29, 1.82) is 0 Å². The fraction of sp³-hybridized carbons (Fsp3) is 1.00. The van der Waals surface area contributed by atoms with Gasteiger partial charge in [-0.2, -0.15) is 0 Å². The van der Waals surface area contributed by atoms with Gasteiger partial charge in [0.05, 0.1) is 0 Å². The van der Waals surface area contributed by atoms with Gasteiger partial charge in [0.2, 0.25) is 0 Å². The van der Waals surface area contributed by atoms with Gasteiger partial charge in [-0.15, -0.1) is 0 Å². The van der Waals surface area contributed by atoms with Crippen LogP contribution < -0.4 is 0 Å². The van der Waals surface area contributed by atoms with Gasteiger partial charge in [0.1, 0.15) is 0 Å². The Morgan fingerprint density at radius 3 is 1.92 bits per heavy atom. The Hall–Kier alpha value is 0. The second kappa shape index (κ2) is 3.05. The largest absolute Gasteiger partial charge is 0.0651 e. The van der Waals surface area contributed by atoms with Crippen LogP contribution in [0.2, 0.25) is 0 Å². The fourth-order valence-corrected chi connectivity index (χ4v) is 2.80. The lowest BCUT2D eigenvalue weighted by Crippen LogP contribution is -2.12. The smallest absolute Gasteiger partial charge is 0.0292 e. The zero-order chi connectivity index (χ0) is 9.52. The minimum Gasteiger partial charge on any atom is -0.0651 e. The lowest BCUT2D eigenvalue weighted by Gasteiger charge is -2.19. The highest BCUT2D eigenvalue weighted by Gasteiger charge is 2.56. The summed E-state index contributed by atoms with van der Waals surface area (Å²) in [5.74, 6) is 3.74. The van der Waals surface area contributed by atoms with E-state index in [9.17, 15) is 0 Å². The van der Waals surface area contributed by atoms with Crippen molar-refractivity contribution in [2.24, 2.45) is 29.1 Å². The monoisotopic (exact) mass is 168 g/mol. The van der Waals surface area contributed by atoms with Crippen LogP contribution in [0.15, 0.2) is 0 Å². The second-order valence-electron chi connectivity index (χ2n) is 5.38. The van der Waals surface area contributed by atoms with E-state index >= 15 is 0 Å². The molecule has 0 aromatic carbocycles. The normalized spacial score (nSPS) is 37.5. The molecule has 12 heavy (non-hydrogen) atoms. The third-order valence-corrected chi connectivity index (χ3v) is 4.57. The first-order valence-corrected chi connectivity index (χ1v) is 5.42. The topological polar surface area (TPSA) is 0 Å². The number of rotatable bonds is 3. The van der Waals surface area contributed by atoms with E-state index < -0.39 is 0 Å². The van der Waals surface area contributed by atoms with Crippen molar-refractivity contribution in [1.82, 2.24) is 0 Å². The maximum atomic E-state index is 2.43. The third-order valence-electron chi connectivity index (χ3n) is 4.57. The molecule has 0 radical (unpaired) electrons. The molecule has 0 N–H and O–H groups in total. The van der Waals surface area contributed by atoms with Crippen molar-refractivity contribution in [3.63, 3.8) is 0 Å². The molecule has 4 unspecified atom stereocenters. The first-order chi connectivity index (χ1) is 5.42. The van der Waals surface area contributed by atoms with Crippen molar-refractivity contribution in [3.05, 3.63) is 0 Å². The summed E-state index contributed by atoms with van der Waals surface area (Å²) in [6.45, 7) is 14.4.